The number of rotatable bonds is 4. The Labute approximate surface area is 153 Å². The molecule has 4 rings (SSSR count). The molecule has 1 aliphatic heterocycles. The van der Waals surface area contributed by atoms with Crippen LogP contribution in [0.4, 0.5) is 5.82 Å². The molecule has 1 atom stereocenters. The number of fused-ring (bicyclic) bond motifs is 1. The van der Waals surface area contributed by atoms with Gasteiger partial charge in [-0.15, -0.1) is 0 Å². The lowest BCUT2D eigenvalue weighted by Crippen LogP contribution is -2.36. The monoisotopic (exact) mass is 375 g/mol. The fourth-order valence-corrected chi connectivity index (χ4v) is 3.32. The Hall–Kier alpha value is -2.58. The number of hydrogen-bond donors (Lipinski definition) is 2. The molecule has 1 saturated heterocycles. The molecular formula is C17H18ClN5O3. The van der Waals surface area contributed by atoms with Crippen LogP contribution < -0.4 is 21.5 Å². The topological polar surface area (TPSA) is 96.2 Å². The van der Waals surface area contributed by atoms with Crippen molar-refractivity contribution in [3.05, 3.63) is 56.0 Å². The summed E-state index contributed by atoms with van der Waals surface area (Å²) in [6, 6.07) is 5.43. The van der Waals surface area contributed by atoms with E-state index < -0.39 is 5.69 Å². The molecule has 0 spiro atoms. The van der Waals surface area contributed by atoms with Crippen molar-refractivity contribution in [1.29, 1.82) is 0 Å². The lowest BCUT2D eigenvalue weighted by atomic mass is 10.2. The number of H-pyrrole nitrogens is 1. The summed E-state index contributed by atoms with van der Waals surface area (Å²) >= 11 is 5.94. The fourth-order valence-electron chi connectivity index (χ4n) is 3.15. The number of furan rings is 1. The zero-order valence-electron chi connectivity index (χ0n) is 14.2. The Balaban J connectivity index is 1.41. The predicted molar refractivity (Wildman–Crippen MR) is 98.8 cm³/mol. The molecule has 1 fully saturated rings. The molecule has 0 bridgehead atoms. The first-order valence-electron chi connectivity index (χ1n) is 8.32. The second-order valence-corrected chi connectivity index (χ2v) is 6.87. The van der Waals surface area contributed by atoms with Gasteiger partial charge in [0.1, 0.15) is 11.6 Å². The summed E-state index contributed by atoms with van der Waals surface area (Å²) in [7, 11) is 1.45. The molecule has 0 radical (unpaired) electrons. The van der Waals surface area contributed by atoms with Gasteiger partial charge in [0.15, 0.2) is 0 Å². The van der Waals surface area contributed by atoms with E-state index in [4.69, 9.17) is 16.0 Å². The standard InChI is InChI=1S/C17H18ClN5O3/c1-22-15(24)6-14(21-17(22)25)23-3-2-12(9-23)19-8-13-5-10-4-11(18)7-20-16(10)26-13/h4-7,12,19H,2-3,8-9H2,1H3,(H,21,25)/t12-/m1/s1. The Bertz CT molecular complexity index is 1040. The Kier molecular flexibility index (Phi) is 4.29. The second-order valence-electron chi connectivity index (χ2n) is 6.43. The van der Waals surface area contributed by atoms with Crippen molar-refractivity contribution < 1.29 is 4.42 Å². The summed E-state index contributed by atoms with van der Waals surface area (Å²) in [5, 5.41) is 4.89. The van der Waals surface area contributed by atoms with Crippen LogP contribution in [0.3, 0.4) is 0 Å². The number of halogens is 1. The molecule has 0 saturated carbocycles. The van der Waals surface area contributed by atoms with Gasteiger partial charge in [0.05, 0.1) is 11.6 Å². The van der Waals surface area contributed by atoms with E-state index in [1.54, 1.807) is 6.20 Å². The summed E-state index contributed by atoms with van der Waals surface area (Å²) in [6.07, 6.45) is 2.46. The normalized spacial score (nSPS) is 17.3. The van der Waals surface area contributed by atoms with E-state index in [2.05, 4.69) is 15.3 Å². The highest BCUT2D eigenvalue weighted by Gasteiger charge is 2.23. The molecule has 2 N–H and O–H groups in total. The molecule has 3 aromatic rings. The minimum absolute atomic E-state index is 0.229. The highest BCUT2D eigenvalue weighted by Crippen LogP contribution is 2.21. The van der Waals surface area contributed by atoms with Crippen molar-refractivity contribution in [2.24, 2.45) is 7.05 Å². The van der Waals surface area contributed by atoms with Crippen LogP contribution in [0.2, 0.25) is 5.02 Å². The van der Waals surface area contributed by atoms with Gasteiger partial charge in [0, 0.05) is 43.8 Å². The van der Waals surface area contributed by atoms with Crippen molar-refractivity contribution >= 4 is 28.5 Å². The van der Waals surface area contributed by atoms with Crippen molar-refractivity contribution in [2.75, 3.05) is 18.0 Å². The average molecular weight is 376 g/mol. The lowest BCUT2D eigenvalue weighted by molar-refractivity contribution is 0.471. The zero-order valence-corrected chi connectivity index (χ0v) is 14.9. The van der Waals surface area contributed by atoms with Gasteiger partial charge in [-0.2, -0.15) is 0 Å². The second kappa shape index (κ2) is 6.62. The number of nitrogens with zero attached hydrogens (tertiary/aromatic N) is 3. The van der Waals surface area contributed by atoms with Crippen molar-refractivity contribution in [3.8, 4) is 0 Å². The highest BCUT2D eigenvalue weighted by atomic mass is 35.5. The van der Waals surface area contributed by atoms with Crippen LogP contribution in [0.1, 0.15) is 12.2 Å². The summed E-state index contributed by atoms with van der Waals surface area (Å²) < 4.78 is 6.75. The largest absolute Gasteiger partial charge is 0.441 e. The van der Waals surface area contributed by atoms with Crippen LogP contribution in [0.15, 0.2) is 38.4 Å². The van der Waals surface area contributed by atoms with E-state index in [0.29, 0.717) is 29.6 Å². The third-order valence-electron chi connectivity index (χ3n) is 4.61. The van der Waals surface area contributed by atoms with Gasteiger partial charge in [-0.3, -0.25) is 14.3 Å². The van der Waals surface area contributed by atoms with Gasteiger partial charge in [-0.05, 0) is 18.6 Å². The minimum atomic E-state index is -0.405. The number of hydrogen-bond acceptors (Lipinski definition) is 6. The average Bonchev–Trinajstić information content (AvgIpc) is 3.23. The summed E-state index contributed by atoms with van der Waals surface area (Å²) in [5.74, 6) is 1.35. The van der Waals surface area contributed by atoms with Crippen LogP contribution >= 0.6 is 11.6 Å². The fraction of sp³-hybridized carbons (Fsp3) is 0.353. The molecule has 0 aromatic carbocycles. The SMILES string of the molecule is Cn1c(=O)cc(N2CC[C@@H](NCc3cc4cc(Cl)cnc4o3)C2)[nH]c1=O. The van der Waals surface area contributed by atoms with Crippen LogP contribution in [0, 0.1) is 0 Å². The van der Waals surface area contributed by atoms with Gasteiger partial charge < -0.3 is 14.6 Å². The number of nitrogens with one attached hydrogen (secondary N) is 2. The molecule has 0 aliphatic carbocycles. The Morgan fingerprint density at radius 2 is 2.23 bits per heavy atom. The van der Waals surface area contributed by atoms with Gasteiger partial charge in [0.25, 0.3) is 5.56 Å². The van der Waals surface area contributed by atoms with E-state index in [1.807, 2.05) is 17.0 Å². The number of aromatic nitrogens is 3. The summed E-state index contributed by atoms with van der Waals surface area (Å²) in [5.41, 5.74) is -0.150. The number of anilines is 1. The smallest absolute Gasteiger partial charge is 0.329 e. The summed E-state index contributed by atoms with van der Waals surface area (Å²) in [4.78, 5) is 32.4. The first kappa shape index (κ1) is 16.9. The van der Waals surface area contributed by atoms with Crippen LogP contribution in [-0.2, 0) is 13.6 Å². The summed E-state index contributed by atoms with van der Waals surface area (Å²) in [6.45, 7) is 2.03. The quantitative estimate of drug-likeness (QED) is 0.712. The van der Waals surface area contributed by atoms with E-state index >= 15 is 0 Å². The van der Waals surface area contributed by atoms with Crippen molar-refractivity contribution in [1.82, 2.24) is 19.9 Å². The van der Waals surface area contributed by atoms with Crippen LogP contribution in [-0.4, -0.2) is 33.7 Å². The first-order chi connectivity index (χ1) is 12.5. The molecule has 4 heterocycles. The lowest BCUT2D eigenvalue weighted by Gasteiger charge is -2.18. The molecule has 136 valence electrons. The van der Waals surface area contributed by atoms with Crippen LogP contribution in [0.25, 0.3) is 11.1 Å². The molecule has 0 amide bonds. The Morgan fingerprint density at radius 3 is 3.04 bits per heavy atom. The Morgan fingerprint density at radius 1 is 1.38 bits per heavy atom. The highest BCUT2D eigenvalue weighted by molar-refractivity contribution is 6.31. The van der Waals surface area contributed by atoms with Gasteiger partial charge in [0.2, 0.25) is 5.71 Å². The molecule has 8 nitrogen and oxygen atoms in total. The van der Waals surface area contributed by atoms with Crippen LogP contribution in [0.5, 0.6) is 0 Å². The van der Waals surface area contributed by atoms with Crippen molar-refractivity contribution in [3.63, 3.8) is 0 Å². The molecule has 9 heteroatoms. The van der Waals surface area contributed by atoms with Crippen molar-refractivity contribution in [2.45, 2.75) is 19.0 Å². The minimum Gasteiger partial charge on any atom is -0.441 e. The number of aromatic amines is 1. The van der Waals surface area contributed by atoms with E-state index in [9.17, 15) is 9.59 Å². The third kappa shape index (κ3) is 3.25. The van der Waals surface area contributed by atoms with Gasteiger partial charge >= 0.3 is 5.69 Å². The molecule has 26 heavy (non-hydrogen) atoms. The van der Waals surface area contributed by atoms with Gasteiger partial charge in [-0.1, -0.05) is 11.6 Å². The zero-order chi connectivity index (χ0) is 18.3. The van der Waals surface area contributed by atoms with E-state index in [1.165, 1.54) is 13.1 Å². The predicted octanol–water partition coefficient (Wildman–Crippen LogP) is 1.24. The maximum atomic E-state index is 11.8. The van der Waals surface area contributed by atoms with E-state index in [0.717, 1.165) is 28.7 Å². The molecule has 1 aliphatic rings. The number of pyridine rings is 1. The van der Waals surface area contributed by atoms with Gasteiger partial charge in [-0.25, -0.2) is 9.78 Å². The van der Waals surface area contributed by atoms with E-state index in [-0.39, 0.29) is 11.6 Å². The first-order valence-corrected chi connectivity index (χ1v) is 8.70. The maximum Gasteiger partial charge on any atom is 0.329 e. The molecule has 0 unspecified atom stereocenters. The molecule has 3 aromatic heterocycles. The molecular weight excluding hydrogens is 358 g/mol. The maximum absolute atomic E-state index is 11.8. The third-order valence-corrected chi connectivity index (χ3v) is 4.82.